The third kappa shape index (κ3) is 3.29. The third-order valence-corrected chi connectivity index (χ3v) is 3.85. The molecule has 0 radical (unpaired) electrons. The summed E-state index contributed by atoms with van der Waals surface area (Å²) in [7, 11) is 0. The number of halogens is 2. The van der Waals surface area contributed by atoms with Crippen LogP contribution in [0.1, 0.15) is 36.0 Å². The number of nitrogens with one attached hydrogen (secondary N) is 1. The number of carbonyl (C=O) groups is 1. The van der Waals surface area contributed by atoms with Crippen molar-refractivity contribution >= 4 is 21.8 Å². The predicted octanol–water partition coefficient (Wildman–Crippen LogP) is 2.62. The summed E-state index contributed by atoms with van der Waals surface area (Å²) in [5.41, 5.74) is 0.287. The first kappa shape index (κ1) is 13.5. The fourth-order valence-electron chi connectivity index (χ4n) is 2.23. The lowest BCUT2D eigenvalue weighted by atomic mass is 9.93. The third-order valence-electron chi connectivity index (χ3n) is 3.15. The van der Waals surface area contributed by atoms with Gasteiger partial charge in [-0.15, -0.1) is 0 Å². The Morgan fingerprint density at radius 2 is 2.22 bits per heavy atom. The van der Waals surface area contributed by atoms with E-state index in [4.69, 9.17) is 0 Å². The minimum Gasteiger partial charge on any atom is -0.393 e. The van der Waals surface area contributed by atoms with Gasteiger partial charge >= 0.3 is 0 Å². The molecule has 1 fully saturated rings. The monoisotopic (exact) mass is 315 g/mol. The number of aliphatic hydroxyl groups excluding tert-OH is 1. The number of aliphatic hydroxyl groups is 1. The van der Waals surface area contributed by atoms with Gasteiger partial charge in [0.15, 0.2) is 0 Å². The van der Waals surface area contributed by atoms with Gasteiger partial charge in [0.25, 0.3) is 5.91 Å². The Balaban J connectivity index is 2.05. The number of carbonyl (C=O) groups excluding carboxylic acids is 1. The lowest BCUT2D eigenvalue weighted by molar-refractivity contribution is 0.0848. The summed E-state index contributed by atoms with van der Waals surface area (Å²) < 4.78 is 13.7. The number of hydrogen-bond donors (Lipinski definition) is 2. The molecule has 1 saturated carbocycles. The molecule has 0 aromatic heterocycles. The van der Waals surface area contributed by atoms with Crippen LogP contribution in [0, 0.1) is 5.82 Å². The first-order valence-corrected chi connectivity index (χ1v) is 6.79. The van der Waals surface area contributed by atoms with E-state index >= 15 is 0 Å². The van der Waals surface area contributed by atoms with Gasteiger partial charge in [-0.2, -0.15) is 0 Å². The summed E-state index contributed by atoms with van der Waals surface area (Å²) in [6.07, 6.45) is 2.76. The Labute approximate surface area is 114 Å². The summed E-state index contributed by atoms with van der Waals surface area (Å²) in [6.45, 7) is 0. The van der Waals surface area contributed by atoms with Crippen molar-refractivity contribution < 1.29 is 14.3 Å². The summed E-state index contributed by atoms with van der Waals surface area (Å²) in [5, 5.41) is 12.4. The normalized spacial score (nSPS) is 23.7. The topological polar surface area (TPSA) is 49.3 Å². The van der Waals surface area contributed by atoms with Gasteiger partial charge in [0.2, 0.25) is 0 Å². The second-order valence-electron chi connectivity index (χ2n) is 4.61. The largest absolute Gasteiger partial charge is 0.393 e. The van der Waals surface area contributed by atoms with E-state index in [2.05, 4.69) is 21.2 Å². The van der Waals surface area contributed by atoms with Crippen LogP contribution >= 0.6 is 15.9 Å². The predicted molar refractivity (Wildman–Crippen MR) is 69.8 cm³/mol. The fraction of sp³-hybridized carbons (Fsp3) is 0.462. The molecule has 98 valence electrons. The van der Waals surface area contributed by atoms with Crippen LogP contribution in [0.25, 0.3) is 0 Å². The molecule has 2 atom stereocenters. The van der Waals surface area contributed by atoms with Crippen molar-refractivity contribution in [3.8, 4) is 0 Å². The first-order valence-electron chi connectivity index (χ1n) is 6.00. The zero-order valence-corrected chi connectivity index (χ0v) is 11.4. The number of hydrogen-bond acceptors (Lipinski definition) is 2. The molecule has 1 aromatic carbocycles. The summed E-state index contributed by atoms with van der Waals surface area (Å²) in [4.78, 5) is 12.0. The van der Waals surface area contributed by atoms with Gasteiger partial charge in [-0.3, -0.25) is 4.79 Å². The van der Waals surface area contributed by atoms with Crippen LogP contribution < -0.4 is 5.32 Å². The molecule has 2 N–H and O–H groups in total. The first-order chi connectivity index (χ1) is 8.56. The maximum absolute atomic E-state index is 13.1. The lowest BCUT2D eigenvalue weighted by Crippen LogP contribution is -2.39. The van der Waals surface area contributed by atoms with E-state index in [0.717, 1.165) is 19.3 Å². The maximum Gasteiger partial charge on any atom is 0.252 e. The standard InChI is InChI=1S/C13H15BrFNO2/c14-12-5-4-8(15)6-11(12)13(18)16-9-2-1-3-10(17)7-9/h4-6,9-10,17H,1-3,7H2,(H,16,18). The highest BCUT2D eigenvalue weighted by molar-refractivity contribution is 9.10. The average molecular weight is 316 g/mol. The molecule has 0 bridgehead atoms. The Morgan fingerprint density at radius 1 is 1.44 bits per heavy atom. The van der Waals surface area contributed by atoms with Gasteiger partial charge in [-0.1, -0.05) is 0 Å². The molecular formula is C13H15BrFNO2. The Hall–Kier alpha value is -0.940. The zero-order valence-electron chi connectivity index (χ0n) is 9.83. The van der Waals surface area contributed by atoms with Gasteiger partial charge in [-0.25, -0.2) is 4.39 Å². The van der Waals surface area contributed by atoms with E-state index in [-0.39, 0.29) is 23.6 Å². The van der Waals surface area contributed by atoms with Gasteiger partial charge in [0.05, 0.1) is 11.7 Å². The number of benzene rings is 1. The van der Waals surface area contributed by atoms with Gasteiger partial charge in [0.1, 0.15) is 5.82 Å². The highest BCUT2D eigenvalue weighted by atomic mass is 79.9. The van der Waals surface area contributed by atoms with Crippen molar-refractivity contribution in [3.05, 3.63) is 34.1 Å². The van der Waals surface area contributed by atoms with E-state index in [0.29, 0.717) is 10.9 Å². The molecule has 0 aliphatic heterocycles. The van der Waals surface area contributed by atoms with Crippen LogP contribution in [0.15, 0.2) is 22.7 Å². The van der Waals surface area contributed by atoms with Gasteiger partial charge in [0, 0.05) is 10.5 Å². The SMILES string of the molecule is O=C(NC1CCCC(O)C1)c1cc(F)ccc1Br. The quantitative estimate of drug-likeness (QED) is 0.881. The Bertz CT molecular complexity index is 453. The summed E-state index contributed by atoms with van der Waals surface area (Å²) in [5.74, 6) is -0.743. The van der Waals surface area contributed by atoms with Crippen LogP contribution in [0.4, 0.5) is 4.39 Å². The average Bonchev–Trinajstić information content (AvgIpc) is 2.32. The van der Waals surface area contributed by atoms with Crippen molar-refractivity contribution in [2.45, 2.75) is 37.8 Å². The maximum atomic E-state index is 13.1. The van der Waals surface area contributed by atoms with Crippen LogP contribution in [-0.2, 0) is 0 Å². The number of rotatable bonds is 2. The second kappa shape index (κ2) is 5.80. The fourth-order valence-corrected chi connectivity index (χ4v) is 2.66. The van der Waals surface area contributed by atoms with Crippen molar-refractivity contribution in [1.29, 1.82) is 0 Å². The second-order valence-corrected chi connectivity index (χ2v) is 5.47. The lowest BCUT2D eigenvalue weighted by Gasteiger charge is -2.26. The number of amides is 1. The molecule has 0 saturated heterocycles. The molecule has 0 heterocycles. The van der Waals surface area contributed by atoms with Gasteiger partial charge in [-0.05, 0) is 59.8 Å². The molecule has 1 aromatic rings. The van der Waals surface area contributed by atoms with Crippen molar-refractivity contribution in [1.82, 2.24) is 5.32 Å². The van der Waals surface area contributed by atoms with Crippen LogP contribution in [0.5, 0.6) is 0 Å². The summed E-state index contributed by atoms with van der Waals surface area (Å²) in [6, 6.07) is 3.99. The van der Waals surface area contributed by atoms with Crippen LogP contribution in [0.3, 0.4) is 0 Å². The van der Waals surface area contributed by atoms with E-state index in [1.165, 1.54) is 18.2 Å². The Kier molecular flexibility index (Phi) is 4.35. The van der Waals surface area contributed by atoms with Crippen LogP contribution in [0.2, 0.25) is 0 Å². The highest BCUT2D eigenvalue weighted by Gasteiger charge is 2.22. The van der Waals surface area contributed by atoms with E-state index in [1.54, 1.807) is 0 Å². The molecule has 2 rings (SSSR count). The minimum absolute atomic E-state index is 0.0311. The van der Waals surface area contributed by atoms with E-state index in [9.17, 15) is 14.3 Å². The van der Waals surface area contributed by atoms with Crippen LogP contribution in [-0.4, -0.2) is 23.2 Å². The molecule has 3 nitrogen and oxygen atoms in total. The molecule has 18 heavy (non-hydrogen) atoms. The Morgan fingerprint density at radius 3 is 2.94 bits per heavy atom. The summed E-state index contributed by atoms with van der Waals surface area (Å²) >= 11 is 3.23. The van der Waals surface area contributed by atoms with Crippen molar-refractivity contribution in [2.24, 2.45) is 0 Å². The molecule has 1 aliphatic carbocycles. The smallest absolute Gasteiger partial charge is 0.252 e. The molecule has 2 unspecified atom stereocenters. The van der Waals surface area contributed by atoms with Gasteiger partial charge < -0.3 is 10.4 Å². The molecule has 5 heteroatoms. The van der Waals surface area contributed by atoms with Crippen molar-refractivity contribution in [2.75, 3.05) is 0 Å². The molecule has 1 aliphatic rings. The van der Waals surface area contributed by atoms with E-state index in [1.807, 2.05) is 0 Å². The highest BCUT2D eigenvalue weighted by Crippen LogP contribution is 2.21. The zero-order chi connectivity index (χ0) is 13.1. The molecule has 0 spiro atoms. The van der Waals surface area contributed by atoms with Crippen molar-refractivity contribution in [3.63, 3.8) is 0 Å². The minimum atomic E-state index is -0.438. The molecule has 1 amide bonds. The van der Waals surface area contributed by atoms with E-state index < -0.39 is 5.82 Å². The molecular weight excluding hydrogens is 301 g/mol.